The quantitative estimate of drug-likeness (QED) is 0.636. The van der Waals surface area contributed by atoms with Gasteiger partial charge in [-0.2, -0.15) is 4.98 Å². The molecule has 0 aliphatic rings. The number of hydrogen-bond donors (Lipinski definition) is 3. The van der Waals surface area contributed by atoms with Gasteiger partial charge in [0.2, 0.25) is 11.9 Å². The molecule has 26 heavy (non-hydrogen) atoms. The zero-order valence-electron chi connectivity index (χ0n) is 14.4. The Hall–Kier alpha value is -3.48. The molecule has 0 atom stereocenters. The highest BCUT2D eigenvalue weighted by molar-refractivity contribution is 5.89. The van der Waals surface area contributed by atoms with Crippen molar-refractivity contribution in [2.24, 2.45) is 0 Å². The summed E-state index contributed by atoms with van der Waals surface area (Å²) in [6, 6.07) is 15.1. The van der Waals surface area contributed by atoms with Crippen LogP contribution in [-0.2, 0) is 4.79 Å². The van der Waals surface area contributed by atoms with E-state index in [1.165, 1.54) is 19.1 Å². The van der Waals surface area contributed by atoms with E-state index in [0.29, 0.717) is 17.5 Å². The summed E-state index contributed by atoms with van der Waals surface area (Å²) in [5, 5.41) is 8.97. The summed E-state index contributed by atoms with van der Waals surface area (Å²) in [6.45, 7) is 3.31. The largest absolute Gasteiger partial charge is 0.340 e. The van der Waals surface area contributed by atoms with Gasteiger partial charge in [0.15, 0.2) is 0 Å². The molecule has 2 aromatic carbocycles. The van der Waals surface area contributed by atoms with Crippen molar-refractivity contribution < 1.29 is 9.18 Å². The SMILES string of the molecule is CC(=O)Nc1cccc(Nc2nc(C)cc(Nc3ccc(F)cc3)n2)c1. The van der Waals surface area contributed by atoms with Crippen LogP contribution >= 0.6 is 0 Å². The molecule has 1 aromatic heterocycles. The van der Waals surface area contributed by atoms with E-state index >= 15 is 0 Å². The highest BCUT2D eigenvalue weighted by atomic mass is 19.1. The van der Waals surface area contributed by atoms with Gasteiger partial charge in [0.25, 0.3) is 0 Å². The van der Waals surface area contributed by atoms with E-state index in [4.69, 9.17) is 0 Å². The van der Waals surface area contributed by atoms with Crippen LogP contribution in [0.25, 0.3) is 0 Å². The van der Waals surface area contributed by atoms with E-state index in [1.54, 1.807) is 30.3 Å². The minimum atomic E-state index is -0.296. The van der Waals surface area contributed by atoms with Crippen LogP contribution in [0.3, 0.4) is 0 Å². The number of benzene rings is 2. The number of aromatic nitrogens is 2. The van der Waals surface area contributed by atoms with Crippen molar-refractivity contribution >= 4 is 34.7 Å². The van der Waals surface area contributed by atoms with Crippen LogP contribution in [0, 0.1) is 12.7 Å². The second kappa shape index (κ2) is 7.60. The highest BCUT2D eigenvalue weighted by Gasteiger charge is 2.05. The molecule has 3 N–H and O–H groups in total. The Bertz CT molecular complexity index is 927. The Morgan fingerprint density at radius 2 is 1.65 bits per heavy atom. The smallest absolute Gasteiger partial charge is 0.229 e. The summed E-state index contributed by atoms with van der Waals surface area (Å²) in [5.74, 6) is 0.565. The number of nitrogens with zero attached hydrogens (tertiary/aromatic N) is 2. The maximum absolute atomic E-state index is 13.0. The molecule has 0 bridgehead atoms. The lowest BCUT2D eigenvalue weighted by molar-refractivity contribution is -0.114. The number of aryl methyl sites for hydroxylation is 1. The van der Waals surface area contributed by atoms with E-state index in [0.717, 1.165) is 17.1 Å². The van der Waals surface area contributed by atoms with Gasteiger partial charge < -0.3 is 16.0 Å². The predicted octanol–water partition coefficient (Wildman–Crippen LogP) is 4.37. The third-order valence-electron chi connectivity index (χ3n) is 3.41. The first-order valence-electron chi connectivity index (χ1n) is 8.01. The second-order valence-electron chi connectivity index (χ2n) is 5.74. The lowest BCUT2D eigenvalue weighted by Gasteiger charge is -2.11. The van der Waals surface area contributed by atoms with Crippen molar-refractivity contribution in [2.75, 3.05) is 16.0 Å². The third kappa shape index (κ3) is 4.76. The van der Waals surface area contributed by atoms with Gasteiger partial charge in [-0.1, -0.05) is 6.07 Å². The molecule has 3 rings (SSSR count). The van der Waals surface area contributed by atoms with Gasteiger partial charge in [0, 0.05) is 35.7 Å². The number of halogens is 1. The zero-order valence-corrected chi connectivity index (χ0v) is 14.4. The minimum absolute atomic E-state index is 0.139. The van der Waals surface area contributed by atoms with Gasteiger partial charge in [-0.3, -0.25) is 4.79 Å². The van der Waals surface area contributed by atoms with Gasteiger partial charge >= 0.3 is 0 Å². The molecule has 1 amide bonds. The molecule has 0 radical (unpaired) electrons. The van der Waals surface area contributed by atoms with E-state index in [9.17, 15) is 9.18 Å². The van der Waals surface area contributed by atoms with Crippen LogP contribution in [0.2, 0.25) is 0 Å². The minimum Gasteiger partial charge on any atom is -0.340 e. The number of nitrogens with one attached hydrogen (secondary N) is 3. The summed E-state index contributed by atoms with van der Waals surface area (Å²) in [7, 11) is 0. The van der Waals surface area contributed by atoms with Gasteiger partial charge in [-0.05, 0) is 49.4 Å². The summed E-state index contributed by atoms with van der Waals surface area (Å²) >= 11 is 0. The molecular weight excluding hydrogens is 333 g/mol. The molecule has 6 nitrogen and oxygen atoms in total. The van der Waals surface area contributed by atoms with Gasteiger partial charge in [-0.15, -0.1) is 0 Å². The van der Waals surface area contributed by atoms with Crippen LogP contribution in [-0.4, -0.2) is 15.9 Å². The first kappa shape index (κ1) is 17.3. The first-order valence-corrected chi connectivity index (χ1v) is 8.01. The summed E-state index contributed by atoms with van der Waals surface area (Å²) in [4.78, 5) is 20.0. The Morgan fingerprint density at radius 1 is 0.923 bits per heavy atom. The maximum Gasteiger partial charge on any atom is 0.229 e. The predicted molar refractivity (Wildman–Crippen MR) is 100 cm³/mol. The average molecular weight is 351 g/mol. The maximum atomic E-state index is 13.0. The lowest BCUT2D eigenvalue weighted by Crippen LogP contribution is -2.06. The first-order chi connectivity index (χ1) is 12.5. The fourth-order valence-corrected chi connectivity index (χ4v) is 2.38. The molecule has 132 valence electrons. The van der Waals surface area contributed by atoms with E-state index < -0.39 is 0 Å². The Kier molecular flexibility index (Phi) is 5.07. The van der Waals surface area contributed by atoms with Crippen LogP contribution in [0.1, 0.15) is 12.6 Å². The Labute approximate surface area is 150 Å². The monoisotopic (exact) mass is 351 g/mol. The lowest BCUT2D eigenvalue weighted by atomic mass is 10.2. The second-order valence-corrected chi connectivity index (χ2v) is 5.74. The summed E-state index contributed by atoms with van der Waals surface area (Å²) < 4.78 is 13.0. The normalized spacial score (nSPS) is 10.3. The molecule has 0 unspecified atom stereocenters. The van der Waals surface area contributed by atoms with Crippen LogP contribution < -0.4 is 16.0 Å². The van der Waals surface area contributed by atoms with Gasteiger partial charge in [0.05, 0.1) is 0 Å². The molecule has 0 aliphatic carbocycles. The van der Waals surface area contributed by atoms with Crippen molar-refractivity contribution in [2.45, 2.75) is 13.8 Å². The molecule has 0 saturated heterocycles. The topological polar surface area (TPSA) is 78.9 Å². The van der Waals surface area contributed by atoms with E-state index in [-0.39, 0.29) is 11.7 Å². The number of rotatable bonds is 5. The number of carbonyl (C=O) groups is 1. The molecule has 1 heterocycles. The van der Waals surface area contributed by atoms with Crippen molar-refractivity contribution in [1.82, 2.24) is 9.97 Å². The molecule has 3 aromatic rings. The molecule has 0 spiro atoms. The van der Waals surface area contributed by atoms with Gasteiger partial charge in [-0.25, -0.2) is 9.37 Å². The van der Waals surface area contributed by atoms with Crippen LogP contribution in [0.15, 0.2) is 54.6 Å². The summed E-state index contributed by atoms with van der Waals surface area (Å²) in [6.07, 6.45) is 0. The number of amides is 1. The zero-order chi connectivity index (χ0) is 18.5. The number of carbonyl (C=O) groups excluding carboxylic acids is 1. The van der Waals surface area contributed by atoms with Crippen molar-refractivity contribution in [3.05, 3.63) is 66.1 Å². The summed E-state index contributed by atoms with van der Waals surface area (Å²) in [5.41, 5.74) is 2.92. The fraction of sp³-hybridized carbons (Fsp3) is 0.105. The Morgan fingerprint density at radius 3 is 2.38 bits per heavy atom. The van der Waals surface area contributed by atoms with Gasteiger partial charge in [0.1, 0.15) is 11.6 Å². The Balaban J connectivity index is 1.79. The van der Waals surface area contributed by atoms with Crippen molar-refractivity contribution in [3.63, 3.8) is 0 Å². The van der Waals surface area contributed by atoms with E-state index in [2.05, 4.69) is 25.9 Å². The van der Waals surface area contributed by atoms with E-state index in [1.807, 2.05) is 19.1 Å². The van der Waals surface area contributed by atoms with Crippen LogP contribution in [0.5, 0.6) is 0 Å². The van der Waals surface area contributed by atoms with Crippen molar-refractivity contribution in [1.29, 1.82) is 0 Å². The fourth-order valence-electron chi connectivity index (χ4n) is 2.38. The third-order valence-corrected chi connectivity index (χ3v) is 3.41. The molecule has 0 aliphatic heterocycles. The van der Waals surface area contributed by atoms with Crippen LogP contribution in [0.4, 0.5) is 33.2 Å². The average Bonchev–Trinajstić information content (AvgIpc) is 2.56. The number of anilines is 5. The molecule has 0 saturated carbocycles. The standard InChI is InChI=1S/C19H18FN5O/c1-12-10-18(23-15-8-6-14(20)7-9-15)25-19(21-12)24-17-5-3-4-16(11-17)22-13(2)26/h3-11H,1-2H3,(H,22,26)(H2,21,23,24,25). The number of hydrogen-bond acceptors (Lipinski definition) is 5. The highest BCUT2D eigenvalue weighted by Crippen LogP contribution is 2.21. The molecule has 7 heteroatoms. The molecular formula is C19H18FN5O. The molecule has 0 fully saturated rings. The van der Waals surface area contributed by atoms with Crippen molar-refractivity contribution in [3.8, 4) is 0 Å².